The van der Waals surface area contributed by atoms with Crippen molar-refractivity contribution in [1.29, 1.82) is 0 Å². The fourth-order valence-electron chi connectivity index (χ4n) is 5.55. The lowest BCUT2D eigenvalue weighted by Gasteiger charge is -2.32. The molecule has 0 aromatic heterocycles. The first-order chi connectivity index (χ1) is 19.9. The van der Waals surface area contributed by atoms with Gasteiger partial charge in [0.15, 0.2) is 0 Å². The van der Waals surface area contributed by atoms with E-state index in [0.29, 0.717) is 0 Å². The summed E-state index contributed by atoms with van der Waals surface area (Å²) in [6.45, 7) is 0. The lowest BCUT2D eigenvalue weighted by atomic mass is 9.96. The molecule has 0 N–H and O–H groups in total. The first kappa shape index (κ1) is 23.6. The van der Waals surface area contributed by atoms with Crippen molar-refractivity contribution >= 4 is 55.7 Å². The molecular formula is C38H26N2. The Hall–Kier alpha value is -5.52. The maximum atomic E-state index is 3.54. The van der Waals surface area contributed by atoms with Gasteiger partial charge in [-0.2, -0.15) is 0 Å². The van der Waals surface area contributed by atoms with Gasteiger partial charge in [0.2, 0.25) is 0 Å². The predicted octanol–water partition coefficient (Wildman–Crippen LogP) is 10.5. The van der Waals surface area contributed by atoms with Crippen LogP contribution in [0.25, 0.3) is 21.5 Å². The van der Waals surface area contributed by atoms with Gasteiger partial charge in [-0.1, -0.05) is 109 Å². The zero-order valence-electron chi connectivity index (χ0n) is 21.9. The number of rotatable bonds is 6. The Labute approximate surface area is 235 Å². The number of hydrogen-bond acceptors (Lipinski definition) is 2. The maximum Gasteiger partial charge on any atom is 0.0704 e. The molecule has 7 aromatic carbocycles. The second-order valence-electron chi connectivity index (χ2n) is 9.65. The molecule has 40 heavy (non-hydrogen) atoms. The Bertz CT molecular complexity index is 1610. The lowest BCUT2D eigenvalue weighted by molar-refractivity contribution is 1.29. The van der Waals surface area contributed by atoms with E-state index in [0.717, 1.165) is 55.7 Å². The summed E-state index contributed by atoms with van der Waals surface area (Å²) >= 11 is 0. The van der Waals surface area contributed by atoms with Crippen LogP contribution in [-0.4, -0.2) is 0 Å². The highest BCUT2D eigenvalue weighted by molar-refractivity contribution is 6.22. The summed E-state index contributed by atoms with van der Waals surface area (Å²) in [5.41, 5.74) is 6.59. The van der Waals surface area contributed by atoms with Gasteiger partial charge in [-0.05, 0) is 60.7 Å². The fraction of sp³-hybridized carbons (Fsp3) is 0. The van der Waals surface area contributed by atoms with E-state index in [1.54, 1.807) is 0 Å². The van der Waals surface area contributed by atoms with Crippen molar-refractivity contribution in [2.45, 2.75) is 0 Å². The summed E-state index contributed by atoms with van der Waals surface area (Å²) in [4.78, 5) is 4.70. The summed E-state index contributed by atoms with van der Waals surface area (Å²) in [7, 11) is 0. The van der Waals surface area contributed by atoms with E-state index in [1.165, 1.54) is 0 Å². The molecule has 0 radical (unpaired) electrons. The number of anilines is 6. The minimum atomic E-state index is 1.01. The monoisotopic (exact) mass is 510 g/mol. The highest BCUT2D eigenvalue weighted by atomic mass is 15.2. The van der Waals surface area contributed by atoms with E-state index in [9.17, 15) is 0 Å². The number of hydrogen-bond donors (Lipinski definition) is 0. The van der Waals surface area contributed by atoms with Crippen molar-refractivity contribution in [3.63, 3.8) is 0 Å². The molecule has 0 fully saturated rings. The summed E-state index contributed by atoms with van der Waals surface area (Å²) in [6, 6.07) is 61.9. The van der Waals surface area contributed by atoms with Gasteiger partial charge in [-0.25, -0.2) is 0 Å². The van der Waals surface area contributed by atoms with Crippen LogP contribution in [0.15, 0.2) is 158 Å². The Kier molecular flexibility index (Phi) is 6.09. The first-order valence-electron chi connectivity index (χ1n) is 13.5. The molecule has 0 aliphatic heterocycles. The number of benzene rings is 6. The molecule has 0 aliphatic rings. The second-order valence-corrected chi connectivity index (χ2v) is 9.65. The van der Waals surface area contributed by atoms with Gasteiger partial charge in [-0.3, -0.25) is 0 Å². The van der Waals surface area contributed by atoms with Crippen molar-refractivity contribution in [1.82, 2.24) is 0 Å². The number of fused-ring (bicyclic) bond motifs is 2. The summed E-state index contributed by atoms with van der Waals surface area (Å²) in [5, 5.41) is 4.43. The summed E-state index contributed by atoms with van der Waals surface area (Å²) < 4.78 is 0. The number of nitrogens with zero attached hydrogens (tertiary/aromatic N) is 2. The smallest absolute Gasteiger partial charge is 0.0704 e. The average Bonchev–Trinajstić information content (AvgIpc) is 3.04. The molecule has 0 unspecified atom stereocenters. The van der Waals surface area contributed by atoms with Crippen molar-refractivity contribution < 1.29 is 0 Å². The van der Waals surface area contributed by atoms with Crippen molar-refractivity contribution in [2.24, 2.45) is 0 Å². The third-order valence-electron chi connectivity index (χ3n) is 7.23. The minimum Gasteiger partial charge on any atom is -0.309 e. The molecule has 0 spiro atoms. The minimum absolute atomic E-state index is 1.01. The van der Waals surface area contributed by atoms with Crippen LogP contribution in [0.3, 0.4) is 0 Å². The van der Waals surface area contributed by atoms with Gasteiger partial charge in [0.25, 0.3) is 0 Å². The first-order valence-corrected chi connectivity index (χ1v) is 13.5. The Morgan fingerprint density at radius 2 is 0.725 bits per heavy atom. The van der Waals surface area contributed by atoms with Crippen LogP contribution < -0.4 is 9.80 Å². The van der Waals surface area contributed by atoms with Gasteiger partial charge < -0.3 is 9.80 Å². The molecule has 0 heterocycles. The zero-order valence-corrected chi connectivity index (χ0v) is 21.9. The highest BCUT2D eigenvalue weighted by Gasteiger charge is 2.24. The van der Waals surface area contributed by atoms with Gasteiger partial charge >= 0.3 is 0 Å². The van der Waals surface area contributed by atoms with E-state index < -0.39 is 0 Å². The lowest BCUT2D eigenvalue weighted by Crippen LogP contribution is -2.14. The second kappa shape index (κ2) is 10.3. The van der Waals surface area contributed by atoms with E-state index in [1.807, 2.05) is 6.07 Å². The molecule has 2 nitrogen and oxygen atoms in total. The van der Waals surface area contributed by atoms with Crippen molar-refractivity contribution in [3.05, 3.63) is 170 Å². The molecule has 7 aromatic rings. The van der Waals surface area contributed by atoms with Crippen LogP contribution >= 0.6 is 0 Å². The molecular weight excluding hydrogens is 484 g/mol. The van der Waals surface area contributed by atoms with Crippen molar-refractivity contribution in [3.8, 4) is 0 Å². The topological polar surface area (TPSA) is 6.48 Å². The molecule has 0 amide bonds. The SMILES string of the molecule is c1ccc2c(N(c3ccccc3)c3ccccc3)c3ccccc3c(N(c3ccccc3)c3ccccc3)c2c#1. The van der Waals surface area contributed by atoms with Crippen LogP contribution in [0.5, 0.6) is 0 Å². The number of para-hydroxylation sites is 4. The van der Waals surface area contributed by atoms with Gasteiger partial charge in [-0.15, -0.1) is 0 Å². The van der Waals surface area contributed by atoms with E-state index >= 15 is 0 Å². The molecule has 0 saturated heterocycles. The van der Waals surface area contributed by atoms with Crippen LogP contribution in [0, 0.1) is 12.1 Å². The van der Waals surface area contributed by atoms with E-state index in [4.69, 9.17) is 0 Å². The van der Waals surface area contributed by atoms with Gasteiger partial charge in [0.05, 0.1) is 16.8 Å². The summed E-state index contributed by atoms with van der Waals surface area (Å²) in [5.74, 6) is 0. The predicted molar refractivity (Wildman–Crippen MR) is 168 cm³/mol. The Morgan fingerprint density at radius 1 is 0.350 bits per heavy atom. The van der Waals surface area contributed by atoms with Crippen molar-refractivity contribution in [2.75, 3.05) is 9.80 Å². The average molecular weight is 511 g/mol. The molecule has 0 aliphatic carbocycles. The Balaban J connectivity index is 1.62. The van der Waals surface area contributed by atoms with Crippen LogP contribution in [0.4, 0.5) is 34.1 Å². The van der Waals surface area contributed by atoms with Gasteiger partial charge in [0, 0.05) is 38.9 Å². The third kappa shape index (κ3) is 4.11. The maximum absolute atomic E-state index is 3.54. The van der Waals surface area contributed by atoms with Crippen LogP contribution in [0.2, 0.25) is 0 Å². The van der Waals surface area contributed by atoms with Crippen LogP contribution in [-0.2, 0) is 0 Å². The standard InChI is InChI=1S/C38H26N2/c1-5-17-29(18-6-1)39(30-19-7-2-8-20-30)37-33-25-13-15-27-35(33)38(36-28-16-14-26-34(36)37)40(31-21-9-3-10-22-31)32-23-11-4-12-24-32/h1-15,17-27H. The normalized spacial score (nSPS) is 10.8. The highest BCUT2D eigenvalue weighted by Crippen LogP contribution is 2.50. The molecule has 0 bridgehead atoms. The molecule has 0 atom stereocenters. The van der Waals surface area contributed by atoms with E-state index in [2.05, 4.69) is 174 Å². The molecule has 0 saturated carbocycles. The van der Waals surface area contributed by atoms with E-state index in [-0.39, 0.29) is 0 Å². The molecule has 7 rings (SSSR count). The zero-order chi connectivity index (χ0) is 26.7. The third-order valence-corrected chi connectivity index (χ3v) is 7.23. The largest absolute Gasteiger partial charge is 0.309 e. The molecule has 2 heteroatoms. The van der Waals surface area contributed by atoms with Gasteiger partial charge in [0.1, 0.15) is 0 Å². The quantitative estimate of drug-likeness (QED) is 0.205. The fourth-order valence-corrected chi connectivity index (χ4v) is 5.55. The Morgan fingerprint density at radius 3 is 1.18 bits per heavy atom. The molecule has 188 valence electrons. The summed E-state index contributed by atoms with van der Waals surface area (Å²) in [6.07, 6.45) is 0. The van der Waals surface area contributed by atoms with Crippen LogP contribution in [0.1, 0.15) is 0 Å².